The van der Waals surface area contributed by atoms with E-state index in [4.69, 9.17) is 10.00 Å². The Kier molecular flexibility index (Phi) is 3.75. The van der Waals surface area contributed by atoms with E-state index in [1.54, 1.807) is 6.20 Å². The molecular formula is C20H18N2O. The molecule has 0 saturated heterocycles. The fraction of sp³-hybridized carbons (Fsp3) is 0.200. The lowest BCUT2D eigenvalue weighted by Crippen LogP contribution is -2.23. The molecule has 3 heteroatoms. The number of hydrogen-bond acceptors (Lipinski definition) is 3. The molecule has 0 bridgehead atoms. The summed E-state index contributed by atoms with van der Waals surface area (Å²) in [5.74, 6) is 0.822. The first-order chi connectivity index (χ1) is 11.0. The van der Waals surface area contributed by atoms with Gasteiger partial charge in [-0.3, -0.25) is 4.98 Å². The molecule has 0 spiro atoms. The third-order valence-electron chi connectivity index (χ3n) is 3.47. The van der Waals surface area contributed by atoms with E-state index in [0.717, 1.165) is 27.8 Å². The van der Waals surface area contributed by atoms with Crippen LogP contribution in [0.2, 0.25) is 0 Å². The normalized spacial score (nSPS) is 11.2. The summed E-state index contributed by atoms with van der Waals surface area (Å²) >= 11 is 0. The van der Waals surface area contributed by atoms with Crippen molar-refractivity contribution in [3.05, 3.63) is 60.3 Å². The van der Waals surface area contributed by atoms with Crippen LogP contribution in [0.25, 0.3) is 22.0 Å². The summed E-state index contributed by atoms with van der Waals surface area (Å²) in [6.45, 7) is 6.09. The van der Waals surface area contributed by atoms with Crippen molar-refractivity contribution in [2.45, 2.75) is 26.4 Å². The predicted molar refractivity (Wildman–Crippen MR) is 92.3 cm³/mol. The topological polar surface area (TPSA) is 45.9 Å². The molecule has 0 unspecified atom stereocenters. The monoisotopic (exact) mass is 302 g/mol. The zero-order valence-electron chi connectivity index (χ0n) is 13.5. The van der Waals surface area contributed by atoms with Crippen LogP contribution in [-0.4, -0.2) is 10.6 Å². The van der Waals surface area contributed by atoms with E-state index < -0.39 is 0 Å². The number of aromatic nitrogens is 1. The Morgan fingerprint density at radius 3 is 2.39 bits per heavy atom. The van der Waals surface area contributed by atoms with Gasteiger partial charge in [-0.05, 0) is 56.7 Å². The third-order valence-corrected chi connectivity index (χ3v) is 3.47. The highest BCUT2D eigenvalue weighted by Crippen LogP contribution is 2.38. The molecule has 0 atom stereocenters. The first-order valence-corrected chi connectivity index (χ1v) is 7.55. The van der Waals surface area contributed by atoms with Gasteiger partial charge in [-0.2, -0.15) is 5.26 Å². The van der Waals surface area contributed by atoms with Gasteiger partial charge >= 0.3 is 0 Å². The summed E-state index contributed by atoms with van der Waals surface area (Å²) in [7, 11) is 0. The minimum atomic E-state index is -0.294. The molecule has 3 nitrogen and oxygen atoms in total. The van der Waals surface area contributed by atoms with Crippen LogP contribution in [-0.2, 0) is 0 Å². The molecule has 0 radical (unpaired) electrons. The average Bonchev–Trinajstić information content (AvgIpc) is 2.53. The summed E-state index contributed by atoms with van der Waals surface area (Å²) in [6.07, 6.45) is 1.79. The van der Waals surface area contributed by atoms with Crippen LogP contribution in [0.15, 0.2) is 54.7 Å². The van der Waals surface area contributed by atoms with Gasteiger partial charge in [0.1, 0.15) is 11.4 Å². The van der Waals surface area contributed by atoms with Crippen molar-refractivity contribution >= 4 is 10.9 Å². The fourth-order valence-corrected chi connectivity index (χ4v) is 2.56. The van der Waals surface area contributed by atoms with Crippen LogP contribution >= 0.6 is 0 Å². The molecule has 0 saturated carbocycles. The maximum Gasteiger partial charge on any atom is 0.128 e. The van der Waals surface area contributed by atoms with Gasteiger partial charge in [0.2, 0.25) is 0 Å². The molecule has 114 valence electrons. The van der Waals surface area contributed by atoms with Crippen molar-refractivity contribution in [3.8, 4) is 22.9 Å². The van der Waals surface area contributed by atoms with Gasteiger partial charge in [0.15, 0.2) is 0 Å². The van der Waals surface area contributed by atoms with E-state index in [2.05, 4.69) is 11.1 Å². The number of nitrogens with zero attached hydrogens (tertiary/aromatic N) is 2. The molecule has 0 fully saturated rings. The van der Waals surface area contributed by atoms with Crippen molar-refractivity contribution in [2.24, 2.45) is 0 Å². The van der Waals surface area contributed by atoms with Gasteiger partial charge in [0, 0.05) is 17.1 Å². The smallest absolute Gasteiger partial charge is 0.128 e. The van der Waals surface area contributed by atoms with E-state index in [9.17, 15) is 0 Å². The maximum atomic E-state index is 8.99. The highest BCUT2D eigenvalue weighted by Gasteiger charge is 2.18. The molecular weight excluding hydrogens is 284 g/mol. The number of pyridine rings is 1. The highest BCUT2D eigenvalue weighted by atomic mass is 16.5. The fourth-order valence-electron chi connectivity index (χ4n) is 2.56. The number of fused-ring (bicyclic) bond motifs is 1. The molecule has 0 aliphatic rings. The number of nitriles is 1. The summed E-state index contributed by atoms with van der Waals surface area (Å²) in [6, 6.07) is 17.6. The third kappa shape index (κ3) is 3.17. The largest absolute Gasteiger partial charge is 0.487 e. The molecule has 23 heavy (non-hydrogen) atoms. The lowest BCUT2D eigenvalue weighted by molar-refractivity contribution is 0.132. The van der Waals surface area contributed by atoms with Crippen LogP contribution in [0, 0.1) is 11.3 Å². The average molecular weight is 302 g/mol. The number of benzene rings is 2. The quantitative estimate of drug-likeness (QED) is 0.672. The van der Waals surface area contributed by atoms with Crippen molar-refractivity contribution in [1.82, 2.24) is 4.98 Å². The number of rotatable bonds is 2. The second-order valence-electron chi connectivity index (χ2n) is 6.41. The second-order valence-corrected chi connectivity index (χ2v) is 6.41. The van der Waals surface area contributed by atoms with E-state index in [0.29, 0.717) is 5.56 Å². The van der Waals surface area contributed by atoms with Crippen molar-refractivity contribution in [3.63, 3.8) is 0 Å². The van der Waals surface area contributed by atoms with Crippen LogP contribution in [0.5, 0.6) is 5.75 Å². The van der Waals surface area contributed by atoms with Crippen LogP contribution in [0.4, 0.5) is 0 Å². The SMILES string of the molecule is CC(C)(C)Oc1ccc2ncccc2c1-c1ccc(C#N)cc1. The van der Waals surface area contributed by atoms with Gasteiger partial charge in [-0.25, -0.2) is 0 Å². The lowest BCUT2D eigenvalue weighted by Gasteiger charge is -2.24. The molecule has 0 aliphatic heterocycles. The Balaban J connectivity index is 2.25. The number of hydrogen-bond donors (Lipinski definition) is 0. The Labute approximate surface area is 136 Å². The summed E-state index contributed by atoms with van der Waals surface area (Å²) in [4.78, 5) is 4.43. The van der Waals surface area contributed by atoms with Gasteiger partial charge in [-0.1, -0.05) is 18.2 Å². The van der Waals surface area contributed by atoms with Crippen molar-refractivity contribution in [1.29, 1.82) is 5.26 Å². The highest BCUT2D eigenvalue weighted by molar-refractivity contribution is 5.98. The van der Waals surface area contributed by atoms with Crippen molar-refractivity contribution in [2.75, 3.05) is 0 Å². The number of ether oxygens (including phenoxy) is 1. The Bertz CT molecular complexity index is 884. The molecule has 3 aromatic rings. The summed E-state index contributed by atoms with van der Waals surface area (Å²) < 4.78 is 6.16. The van der Waals surface area contributed by atoms with Gasteiger partial charge in [-0.15, -0.1) is 0 Å². The molecule has 1 aromatic heterocycles. The van der Waals surface area contributed by atoms with Gasteiger partial charge in [0.25, 0.3) is 0 Å². The zero-order valence-corrected chi connectivity index (χ0v) is 13.5. The second kappa shape index (κ2) is 5.73. The zero-order chi connectivity index (χ0) is 16.4. The molecule has 0 N–H and O–H groups in total. The standard InChI is InChI=1S/C20H18N2O/c1-20(2,3)23-18-11-10-17-16(5-4-12-22-17)19(18)15-8-6-14(13-21)7-9-15/h4-12H,1-3H3. The lowest BCUT2D eigenvalue weighted by atomic mass is 9.98. The first kappa shape index (κ1) is 15.1. The Morgan fingerprint density at radius 2 is 1.74 bits per heavy atom. The molecule has 0 aliphatic carbocycles. The summed E-state index contributed by atoms with van der Waals surface area (Å²) in [5, 5.41) is 10.0. The summed E-state index contributed by atoms with van der Waals surface area (Å²) in [5.41, 5.74) is 3.30. The maximum absolute atomic E-state index is 8.99. The van der Waals surface area contributed by atoms with E-state index in [1.807, 2.05) is 69.3 Å². The van der Waals surface area contributed by atoms with Gasteiger partial charge in [0.05, 0.1) is 17.1 Å². The Hall–Kier alpha value is -2.86. The van der Waals surface area contributed by atoms with E-state index >= 15 is 0 Å². The minimum Gasteiger partial charge on any atom is -0.487 e. The van der Waals surface area contributed by atoms with Gasteiger partial charge < -0.3 is 4.74 Å². The predicted octanol–water partition coefficient (Wildman–Crippen LogP) is 4.95. The van der Waals surface area contributed by atoms with E-state index in [1.165, 1.54) is 0 Å². The first-order valence-electron chi connectivity index (χ1n) is 7.55. The van der Waals surface area contributed by atoms with Crippen LogP contribution < -0.4 is 4.74 Å². The molecule has 1 heterocycles. The van der Waals surface area contributed by atoms with Crippen LogP contribution in [0.1, 0.15) is 26.3 Å². The molecule has 3 rings (SSSR count). The Morgan fingerprint density at radius 1 is 1.00 bits per heavy atom. The molecule has 0 amide bonds. The minimum absolute atomic E-state index is 0.294. The molecule has 2 aromatic carbocycles. The van der Waals surface area contributed by atoms with E-state index in [-0.39, 0.29) is 5.60 Å². The van der Waals surface area contributed by atoms with Crippen molar-refractivity contribution < 1.29 is 4.74 Å². The van der Waals surface area contributed by atoms with Crippen LogP contribution in [0.3, 0.4) is 0 Å².